The Morgan fingerprint density at radius 1 is 1.38 bits per heavy atom. The van der Waals surface area contributed by atoms with Crippen molar-refractivity contribution in [1.29, 1.82) is 0 Å². The number of ether oxygens (including phenoxy) is 1. The number of hydrogen-bond acceptors (Lipinski definition) is 4. The summed E-state index contributed by atoms with van der Waals surface area (Å²) in [5.41, 5.74) is 1.70. The lowest BCUT2D eigenvalue weighted by Gasteiger charge is -2.02. The molecule has 0 bridgehead atoms. The highest BCUT2D eigenvalue weighted by molar-refractivity contribution is 9.10. The first-order valence-corrected chi connectivity index (χ1v) is 8.39. The molecule has 2 rings (SSSR count). The second-order valence-corrected chi connectivity index (χ2v) is 6.66. The molecule has 114 valence electrons. The van der Waals surface area contributed by atoms with Gasteiger partial charge in [0.15, 0.2) is 0 Å². The summed E-state index contributed by atoms with van der Waals surface area (Å²) in [6.45, 7) is 4.33. The van der Waals surface area contributed by atoms with Gasteiger partial charge in [0.1, 0.15) is 10.8 Å². The number of hydrogen-bond donors (Lipinski definition) is 1. The van der Waals surface area contributed by atoms with E-state index in [1.165, 1.54) is 12.1 Å². The largest absolute Gasteiger partial charge is 0.378 e. The van der Waals surface area contributed by atoms with Crippen molar-refractivity contribution in [3.05, 3.63) is 39.1 Å². The van der Waals surface area contributed by atoms with Gasteiger partial charge in [0.05, 0.1) is 12.3 Å². The van der Waals surface area contributed by atoms with Crippen LogP contribution in [0.5, 0.6) is 0 Å². The van der Waals surface area contributed by atoms with Crippen LogP contribution in [0, 0.1) is 5.82 Å². The summed E-state index contributed by atoms with van der Waals surface area (Å²) in [7, 11) is 1.65. The highest BCUT2D eigenvalue weighted by Crippen LogP contribution is 2.31. The molecule has 0 unspecified atom stereocenters. The Labute approximate surface area is 136 Å². The summed E-state index contributed by atoms with van der Waals surface area (Å²) in [5, 5.41) is 4.18. The zero-order valence-electron chi connectivity index (χ0n) is 12.1. The second kappa shape index (κ2) is 7.98. The zero-order chi connectivity index (χ0) is 15.2. The van der Waals surface area contributed by atoms with Gasteiger partial charge in [0.25, 0.3) is 0 Å². The van der Waals surface area contributed by atoms with Gasteiger partial charge in [-0.1, -0.05) is 22.9 Å². The van der Waals surface area contributed by atoms with Crippen molar-refractivity contribution in [2.45, 2.75) is 26.5 Å². The summed E-state index contributed by atoms with van der Waals surface area (Å²) in [6.07, 6.45) is 1.09. The van der Waals surface area contributed by atoms with Crippen molar-refractivity contribution in [2.75, 3.05) is 13.7 Å². The summed E-state index contributed by atoms with van der Waals surface area (Å²) in [5.74, 6) is -0.270. The number of nitrogens with zero attached hydrogens (tertiary/aromatic N) is 1. The number of aromatic nitrogens is 1. The number of halogens is 2. The Morgan fingerprint density at radius 3 is 2.86 bits per heavy atom. The third-order valence-corrected chi connectivity index (χ3v) is 4.49. The minimum absolute atomic E-state index is 0.270. The van der Waals surface area contributed by atoms with Crippen molar-refractivity contribution in [3.8, 4) is 10.6 Å². The van der Waals surface area contributed by atoms with Crippen LogP contribution in [-0.4, -0.2) is 18.6 Å². The van der Waals surface area contributed by atoms with E-state index < -0.39 is 0 Å². The fourth-order valence-corrected chi connectivity index (χ4v) is 3.44. The quantitative estimate of drug-likeness (QED) is 0.733. The topological polar surface area (TPSA) is 34.2 Å². The fraction of sp³-hybridized carbons (Fsp3) is 0.400. The number of rotatable bonds is 7. The average Bonchev–Trinajstić information content (AvgIpc) is 2.82. The molecule has 0 saturated carbocycles. The minimum atomic E-state index is -0.270. The van der Waals surface area contributed by atoms with E-state index in [9.17, 15) is 4.39 Å². The van der Waals surface area contributed by atoms with Crippen molar-refractivity contribution in [2.24, 2.45) is 0 Å². The number of nitrogens with one attached hydrogen (secondary N) is 1. The smallest absolute Gasteiger partial charge is 0.125 e. The van der Waals surface area contributed by atoms with Gasteiger partial charge >= 0.3 is 0 Å². The number of benzene rings is 1. The highest BCUT2D eigenvalue weighted by atomic mass is 79.9. The first-order chi connectivity index (χ1) is 10.1. The summed E-state index contributed by atoms with van der Waals surface area (Å²) in [4.78, 5) is 5.74. The second-order valence-electron chi connectivity index (χ2n) is 4.66. The Balaban J connectivity index is 2.29. The maximum atomic E-state index is 13.5. The van der Waals surface area contributed by atoms with Crippen LogP contribution in [0.3, 0.4) is 0 Å². The molecule has 6 heteroatoms. The van der Waals surface area contributed by atoms with E-state index in [0.717, 1.165) is 40.7 Å². The normalized spacial score (nSPS) is 11.0. The monoisotopic (exact) mass is 372 g/mol. The molecule has 0 atom stereocenters. The molecule has 2 aromatic rings. The van der Waals surface area contributed by atoms with E-state index in [2.05, 4.69) is 33.2 Å². The van der Waals surface area contributed by atoms with Gasteiger partial charge in [0, 0.05) is 28.6 Å². The molecular weight excluding hydrogens is 355 g/mol. The molecule has 0 fully saturated rings. The van der Waals surface area contributed by atoms with Crippen molar-refractivity contribution < 1.29 is 9.13 Å². The maximum Gasteiger partial charge on any atom is 0.125 e. The van der Waals surface area contributed by atoms with Crippen molar-refractivity contribution >= 4 is 27.3 Å². The molecule has 0 aliphatic heterocycles. The molecular formula is C15H18BrFN2OS. The van der Waals surface area contributed by atoms with E-state index in [4.69, 9.17) is 4.74 Å². The molecule has 3 nitrogen and oxygen atoms in total. The summed E-state index contributed by atoms with van der Waals surface area (Å²) < 4.78 is 19.4. The first kappa shape index (κ1) is 16.5. The van der Waals surface area contributed by atoms with Gasteiger partial charge in [-0.25, -0.2) is 9.37 Å². The van der Waals surface area contributed by atoms with Gasteiger partial charge in [-0.2, -0.15) is 0 Å². The molecule has 0 radical (unpaired) electrons. The van der Waals surface area contributed by atoms with Gasteiger partial charge in [-0.15, -0.1) is 11.3 Å². The number of thiazole rings is 1. The number of methoxy groups -OCH3 is 1. The first-order valence-electron chi connectivity index (χ1n) is 6.78. The lowest BCUT2D eigenvalue weighted by atomic mass is 10.2. The van der Waals surface area contributed by atoms with E-state index in [-0.39, 0.29) is 5.82 Å². The van der Waals surface area contributed by atoms with E-state index in [1.54, 1.807) is 18.4 Å². The van der Waals surface area contributed by atoms with Crippen LogP contribution in [0.2, 0.25) is 0 Å². The predicted molar refractivity (Wildman–Crippen MR) is 87.9 cm³/mol. The zero-order valence-corrected chi connectivity index (χ0v) is 14.5. The highest BCUT2D eigenvalue weighted by Gasteiger charge is 2.13. The minimum Gasteiger partial charge on any atom is -0.378 e. The standard InChI is InChI=1S/C15H18BrFN2OS/c1-3-4-18-8-14-13(9-20-2)19-15(21-14)10-5-11(16)7-12(17)6-10/h5-7,18H,3-4,8-9H2,1-2H3. The Bertz CT molecular complexity index is 583. The van der Waals surface area contributed by atoms with Crippen molar-refractivity contribution in [3.63, 3.8) is 0 Å². The molecule has 1 aromatic heterocycles. The van der Waals surface area contributed by atoms with E-state index >= 15 is 0 Å². The van der Waals surface area contributed by atoms with Crippen molar-refractivity contribution in [1.82, 2.24) is 10.3 Å². The molecule has 21 heavy (non-hydrogen) atoms. The predicted octanol–water partition coefficient (Wildman–Crippen LogP) is 4.36. The molecule has 0 spiro atoms. The van der Waals surface area contributed by atoms with Crippen LogP contribution in [0.25, 0.3) is 10.6 Å². The molecule has 0 saturated heterocycles. The van der Waals surface area contributed by atoms with Crippen LogP contribution < -0.4 is 5.32 Å². The molecule has 0 aliphatic carbocycles. The van der Waals surface area contributed by atoms with Crippen LogP contribution >= 0.6 is 27.3 Å². The molecule has 1 N–H and O–H groups in total. The molecule has 1 heterocycles. The lowest BCUT2D eigenvalue weighted by molar-refractivity contribution is 0.181. The van der Waals surface area contributed by atoms with E-state index in [1.807, 2.05) is 6.07 Å². The molecule has 1 aromatic carbocycles. The van der Waals surface area contributed by atoms with Crippen LogP contribution in [0.4, 0.5) is 4.39 Å². The Hall–Kier alpha value is -0.820. The third-order valence-electron chi connectivity index (χ3n) is 2.88. The van der Waals surface area contributed by atoms with Gasteiger partial charge in [0.2, 0.25) is 0 Å². The van der Waals surface area contributed by atoms with Crippen LogP contribution in [0.15, 0.2) is 22.7 Å². The third kappa shape index (κ3) is 4.57. The maximum absolute atomic E-state index is 13.5. The van der Waals surface area contributed by atoms with Gasteiger partial charge < -0.3 is 10.1 Å². The molecule has 0 aliphatic rings. The van der Waals surface area contributed by atoms with Gasteiger partial charge in [-0.05, 0) is 31.2 Å². The fourth-order valence-electron chi connectivity index (χ4n) is 1.95. The Morgan fingerprint density at radius 2 is 2.19 bits per heavy atom. The Kier molecular flexibility index (Phi) is 6.29. The molecule has 0 amide bonds. The van der Waals surface area contributed by atoms with Crippen LogP contribution in [0.1, 0.15) is 23.9 Å². The van der Waals surface area contributed by atoms with E-state index in [0.29, 0.717) is 11.1 Å². The average molecular weight is 373 g/mol. The van der Waals surface area contributed by atoms with Crippen LogP contribution in [-0.2, 0) is 17.9 Å². The van der Waals surface area contributed by atoms with Gasteiger partial charge in [-0.3, -0.25) is 0 Å². The summed E-state index contributed by atoms with van der Waals surface area (Å²) in [6, 6.07) is 4.82. The SMILES string of the molecule is CCCNCc1sc(-c2cc(F)cc(Br)c2)nc1COC. The lowest BCUT2D eigenvalue weighted by Crippen LogP contribution is -2.14. The summed E-state index contributed by atoms with van der Waals surface area (Å²) >= 11 is 4.90.